The average molecular weight is 530 g/mol. The number of H-pyrrole nitrogens is 1. The fourth-order valence-electron chi connectivity index (χ4n) is 5.12. The Morgan fingerprint density at radius 1 is 0.923 bits per heavy atom. The first-order valence-corrected chi connectivity index (χ1v) is 12.5. The van der Waals surface area contributed by atoms with Crippen molar-refractivity contribution in [1.82, 2.24) is 15.1 Å². The molecule has 1 aromatic heterocycles. The van der Waals surface area contributed by atoms with Crippen LogP contribution in [0.25, 0.3) is 11.3 Å². The number of phenols is 1. The topological polar surface area (TPSA) is 106 Å². The molecule has 1 amide bonds. The van der Waals surface area contributed by atoms with Gasteiger partial charge in [-0.1, -0.05) is 23.8 Å². The second-order valence-corrected chi connectivity index (χ2v) is 9.34. The Kier molecular flexibility index (Phi) is 7.06. The highest BCUT2D eigenvalue weighted by atomic mass is 16.5. The highest BCUT2D eigenvalue weighted by Crippen LogP contribution is 2.48. The molecule has 9 heteroatoms. The summed E-state index contributed by atoms with van der Waals surface area (Å²) < 4.78 is 22.1. The zero-order chi connectivity index (χ0) is 27.7. The van der Waals surface area contributed by atoms with Crippen LogP contribution in [0.4, 0.5) is 0 Å². The molecule has 39 heavy (non-hydrogen) atoms. The van der Waals surface area contributed by atoms with E-state index in [1.807, 2.05) is 60.4 Å². The lowest BCUT2D eigenvalue weighted by atomic mass is 9.94. The summed E-state index contributed by atoms with van der Waals surface area (Å²) in [5.41, 5.74) is 4.94. The van der Waals surface area contributed by atoms with Gasteiger partial charge in [0.25, 0.3) is 5.91 Å². The largest absolute Gasteiger partial charge is 0.507 e. The molecule has 0 saturated carbocycles. The number of fused-ring (bicyclic) bond motifs is 1. The number of aryl methyl sites for hydroxylation is 1. The molecule has 4 aromatic rings. The first-order valence-electron chi connectivity index (χ1n) is 12.5. The van der Waals surface area contributed by atoms with E-state index in [9.17, 15) is 9.90 Å². The Labute approximate surface area is 226 Å². The predicted octanol–water partition coefficient (Wildman–Crippen LogP) is 4.91. The molecule has 1 atom stereocenters. The third-order valence-corrected chi connectivity index (χ3v) is 7.07. The van der Waals surface area contributed by atoms with Gasteiger partial charge >= 0.3 is 0 Å². The van der Waals surface area contributed by atoms with Crippen LogP contribution >= 0.6 is 0 Å². The van der Waals surface area contributed by atoms with Gasteiger partial charge in [0.1, 0.15) is 22.9 Å². The zero-order valence-electron chi connectivity index (χ0n) is 22.6. The van der Waals surface area contributed by atoms with E-state index in [1.54, 1.807) is 34.5 Å². The maximum Gasteiger partial charge on any atom is 0.273 e. The molecule has 0 bridgehead atoms. The second kappa shape index (κ2) is 10.6. The smallest absolute Gasteiger partial charge is 0.273 e. The standard InChI is InChI=1S/C30H31N3O6/c1-17-6-11-22(34)21(14-17)26-25-27(32-31-26)30(35)33(13-12-18-7-9-20(36-2)10-8-18)28(25)19-15-23(37-3)29(39-5)24(16-19)38-4/h6-11,14-16,28,34H,12-13H2,1-5H3,(H,31,32)/t28-/m1/s1. The first-order chi connectivity index (χ1) is 18.9. The number of nitrogens with zero attached hydrogens (tertiary/aromatic N) is 2. The van der Waals surface area contributed by atoms with Gasteiger partial charge in [0, 0.05) is 17.7 Å². The minimum atomic E-state index is -0.520. The molecular weight excluding hydrogens is 498 g/mol. The van der Waals surface area contributed by atoms with Crippen molar-refractivity contribution in [3.63, 3.8) is 0 Å². The third-order valence-electron chi connectivity index (χ3n) is 7.07. The number of aromatic amines is 1. The summed E-state index contributed by atoms with van der Waals surface area (Å²) in [6.07, 6.45) is 0.624. The number of methoxy groups -OCH3 is 4. The van der Waals surface area contributed by atoms with Gasteiger partial charge in [-0.05, 0) is 60.9 Å². The minimum absolute atomic E-state index is 0.0858. The SMILES string of the molecule is COc1ccc(CCN2C(=O)c3[nH]nc(-c4cc(C)ccc4O)c3[C@H]2c2cc(OC)c(OC)c(OC)c2)cc1. The quantitative estimate of drug-likeness (QED) is 0.317. The first kappa shape index (κ1) is 26.0. The number of hydrogen-bond donors (Lipinski definition) is 2. The Balaban J connectivity index is 1.64. The minimum Gasteiger partial charge on any atom is -0.507 e. The third kappa shape index (κ3) is 4.60. The molecule has 2 N–H and O–H groups in total. The summed E-state index contributed by atoms with van der Waals surface area (Å²) in [7, 11) is 6.29. The van der Waals surface area contributed by atoms with Crippen LogP contribution in [0.3, 0.4) is 0 Å². The number of benzene rings is 3. The van der Waals surface area contributed by atoms with Crippen LogP contribution in [0.2, 0.25) is 0 Å². The van der Waals surface area contributed by atoms with Crippen LogP contribution in [-0.4, -0.2) is 61.1 Å². The van der Waals surface area contributed by atoms with E-state index < -0.39 is 6.04 Å². The Bertz CT molecular complexity index is 1490. The van der Waals surface area contributed by atoms with Crippen molar-refractivity contribution in [2.45, 2.75) is 19.4 Å². The Morgan fingerprint density at radius 2 is 1.62 bits per heavy atom. The molecule has 0 saturated heterocycles. The maximum atomic E-state index is 13.8. The van der Waals surface area contributed by atoms with Crippen molar-refractivity contribution >= 4 is 5.91 Å². The molecular formula is C30H31N3O6. The molecule has 1 aliphatic rings. The van der Waals surface area contributed by atoms with Gasteiger partial charge in [-0.2, -0.15) is 5.10 Å². The number of hydrogen-bond acceptors (Lipinski definition) is 7. The van der Waals surface area contributed by atoms with E-state index in [-0.39, 0.29) is 11.7 Å². The van der Waals surface area contributed by atoms with Crippen LogP contribution in [0.15, 0.2) is 54.6 Å². The summed E-state index contributed by atoms with van der Waals surface area (Å²) >= 11 is 0. The van der Waals surface area contributed by atoms with Crippen molar-refractivity contribution in [2.75, 3.05) is 35.0 Å². The van der Waals surface area contributed by atoms with Gasteiger partial charge in [-0.25, -0.2) is 0 Å². The molecule has 0 radical (unpaired) electrons. The van der Waals surface area contributed by atoms with Crippen LogP contribution < -0.4 is 18.9 Å². The molecule has 0 fully saturated rings. The van der Waals surface area contributed by atoms with Crippen molar-refractivity contribution in [3.8, 4) is 40.0 Å². The molecule has 9 nitrogen and oxygen atoms in total. The molecule has 0 aliphatic carbocycles. The molecule has 5 rings (SSSR count). The lowest BCUT2D eigenvalue weighted by molar-refractivity contribution is 0.0745. The van der Waals surface area contributed by atoms with Gasteiger partial charge in [0.05, 0.1) is 34.5 Å². The normalized spacial score (nSPS) is 14.3. The van der Waals surface area contributed by atoms with E-state index in [1.165, 1.54) is 0 Å². The van der Waals surface area contributed by atoms with E-state index >= 15 is 0 Å². The molecule has 3 aromatic carbocycles. The van der Waals surface area contributed by atoms with Crippen LogP contribution in [0, 0.1) is 6.92 Å². The molecule has 1 aliphatic heterocycles. The predicted molar refractivity (Wildman–Crippen MR) is 146 cm³/mol. The molecule has 2 heterocycles. The number of phenolic OH excluding ortho intramolecular Hbond substituents is 1. The van der Waals surface area contributed by atoms with Gasteiger partial charge in [-0.15, -0.1) is 0 Å². The Morgan fingerprint density at radius 3 is 2.23 bits per heavy atom. The van der Waals surface area contributed by atoms with Crippen LogP contribution in [0.1, 0.15) is 38.8 Å². The van der Waals surface area contributed by atoms with Crippen molar-refractivity contribution in [3.05, 3.63) is 82.5 Å². The van der Waals surface area contributed by atoms with Crippen LogP contribution in [-0.2, 0) is 6.42 Å². The number of rotatable bonds is 9. The lowest BCUT2D eigenvalue weighted by Crippen LogP contribution is -2.31. The Hall–Kier alpha value is -4.66. The number of amides is 1. The van der Waals surface area contributed by atoms with Gasteiger partial charge in [0.2, 0.25) is 5.75 Å². The van der Waals surface area contributed by atoms with E-state index in [2.05, 4.69) is 10.2 Å². The van der Waals surface area contributed by atoms with Crippen molar-refractivity contribution < 1.29 is 28.8 Å². The van der Waals surface area contributed by atoms with E-state index in [0.29, 0.717) is 52.7 Å². The summed E-state index contributed by atoms with van der Waals surface area (Å²) in [4.78, 5) is 15.6. The van der Waals surface area contributed by atoms with Gasteiger partial charge in [-0.3, -0.25) is 9.89 Å². The lowest BCUT2D eigenvalue weighted by Gasteiger charge is -2.27. The number of aromatic hydroxyl groups is 1. The van der Waals surface area contributed by atoms with E-state index in [4.69, 9.17) is 18.9 Å². The monoisotopic (exact) mass is 529 g/mol. The summed E-state index contributed by atoms with van der Waals surface area (Å²) in [5, 5.41) is 18.2. The number of carbonyl (C=O) groups is 1. The maximum absolute atomic E-state index is 13.8. The second-order valence-electron chi connectivity index (χ2n) is 9.34. The fourth-order valence-corrected chi connectivity index (χ4v) is 5.12. The summed E-state index contributed by atoms with van der Waals surface area (Å²) in [5.74, 6) is 2.10. The van der Waals surface area contributed by atoms with Gasteiger partial charge < -0.3 is 29.0 Å². The van der Waals surface area contributed by atoms with Crippen molar-refractivity contribution in [1.29, 1.82) is 0 Å². The fraction of sp³-hybridized carbons (Fsp3) is 0.267. The molecule has 0 spiro atoms. The number of carbonyl (C=O) groups excluding carboxylic acids is 1. The average Bonchev–Trinajstić information content (AvgIpc) is 3.50. The molecule has 202 valence electrons. The number of nitrogens with one attached hydrogen (secondary N) is 1. The van der Waals surface area contributed by atoms with Crippen LogP contribution in [0.5, 0.6) is 28.7 Å². The van der Waals surface area contributed by atoms with Crippen molar-refractivity contribution in [2.24, 2.45) is 0 Å². The number of aromatic nitrogens is 2. The van der Waals surface area contributed by atoms with Gasteiger partial charge in [0.15, 0.2) is 11.5 Å². The number of ether oxygens (including phenoxy) is 4. The highest BCUT2D eigenvalue weighted by molar-refractivity contribution is 6.00. The van der Waals surface area contributed by atoms with E-state index in [0.717, 1.165) is 22.4 Å². The summed E-state index contributed by atoms with van der Waals surface area (Å²) in [6, 6.07) is 16.3. The zero-order valence-corrected chi connectivity index (χ0v) is 22.6. The molecule has 0 unspecified atom stereocenters. The highest BCUT2D eigenvalue weighted by Gasteiger charge is 2.43. The summed E-state index contributed by atoms with van der Waals surface area (Å²) in [6.45, 7) is 2.38.